The summed E-state index contributed by atoms with van der Waals surface area (Å²) in [6.07, 6.45) is 1.04. The van der Waals surface area contributed by atoms with Crippen LogP contribution < -0.4 is 11.1 Å². The van der Waals surface area contributed by atoms with Crippen molar-refractivity contribution in [2.24, 2.45) is 0 Å². The Labute approximate surface area is 99.8 Å². The van der Waals surface area contributed by atoms with Gasteiger partial charge in [0.1, 0.15) is 5.82 Å². The number of nitrogen functional groups attached to an aromatic ring is 1. The van der Waals surface area contributed by atoms with Crippen molar-refractivity contribution in [2.75, 3.05) is 24.3 Å². The fraction of sp³-hybridized carbons (Fsp3) is 0.308. The van der Waals surface area contributed by atoms with E-state index in [2.05, 4.69) is 10.3 Å². The maximum atomic E-state index is 5.73. The Balaban J connectivity index is 1.88. The highest BCUT2D eigenvalue weighted by Crippen LogP contribution is 2.19. The molecule has 0 amide bonds. The quantitative estimate of drug-likeness (QED) is 0.773. The number of hydrogen-bond donors (Lipinski definition) is 2. The largest absolute Gasteiger partial charge is 0.399 e. The molecule has 0 spiro atoms. The third-order valence-corrected chi connectivity index (χ3v) is 2.99. The van der Waals surface area contributed by atoms with Gasteiger partial charge >= 0.3 is 0 Å². The molecule has 4 nitrogen and oxygen atoms in total. The predicted octanol–water partition coefficient (Wildman–Crippen LogP) is 2.02. The SMILES string of the molecule is Nc1ccc2nc(NC3CCOC3)ccc2c1. The van der Waals surface area contributed by atoms with Crippen LogP contribution in [-0.2, 0) is 4.74 Å². The average molecular weight is 229 g/mol. The molecule has 3 N–H and O–H groups in total. The van der Waals surface area contributed by atoms with Crippen LogP contribution in [0.15, 0.2) is 30.3 Å². The first-order valence-electron chi connectivity index (χ1n) is 5.82. The van der Waals surface area contributed by atoms with E-state index in [-0.39, 0.29) is 0 Å². The molecule has 4 heteroatoms. The van der Waals surface area contributed by atoms with Crippen molar-refractivity contribution in [3.63, 3.8) is 0 Å². The molecule has 0 radical (unpaired) electrons. The lowest BCUT2D eigenvalue weighted by atomic mass is 10.2. The van der Waals surface area contributed by atoms with E-state index in [0.717, 1.165) is 42.0 Å². The zero-order valence-corrected chi connectivity index (χ0v) is 9.52. The lowest BCUT2D eigenvalue weighted by Crippen LogP contribution is -2.19. The summed E-state index contributed by atoms with van der Waals surface area (Å²) >= 11 is 0. The monoisotopic (exact) mass is 229 g/mol. The minimum atomic E-state index is 0.383. The maximum Gasteiger partial charge on any atom is 0.126 e. The first kappa shape index (κ1) is 10.4. The van der Waals surface area contributed by atoms with Crippen molar-refractivity contribution in [2.45, 2.75) is 12.5 Å². The van der Waals surface area contributed by atoms with Crippen molar-refractivity contribution < 1.29 is 4.74 Å². The smallest absolute Gasteiger partial charge is 0.126 e. The molecule has 88 valence electrons. The van der Waals surface area contributed by atoms with Crippen LogP contribution in [-0.4, -0.2) is 24.2 Å². The molecule has 1 fully saturated rings. The van der Waals surface area contributed by atoms with Gasteiger partial charge in [0.05, 0.1) is 18.2 Å². The Kier molecular flexibility index (Phi) is 2.57. The highest BCUT2D eigenvalue weighted by molar-refractivity contribution is 5.83. The van der Waals surface area contributed by atoms with E-state index >= 15 is 0 Å². The number of nitrogens with one attached hydrogen (secondary N) is 1. The van der Waals surface area contributed by atoms with E-state index in [0.29, 0.717) is 6.04 Å². The van der Waals surface area contributed by atoms with Gasteiger partial charge in [-0.3, -0.25) is 0 Å². The second-order valence-electron chi connectivity index (χ2n) is 4.35. The molecule has 1 atom stereocenters. The zero-order chi connectivity index (χ0) is 11.7. The van der Waals surface area contributed by atoms with E-state index in [9.17, 15) is 0 Å². The first-order valence-corrected chi connectivity index (χ1v) is 5.82. The minimum absolute atomic E-state index is 0.383. The van der Waals surface area contributed by atoms with Gasteiger partial charge in [0, 0.05) is 17.7 Å². The molecule has 1 saturated heterocycles. The molecule has 1 unspecified atom stereocenters. The molecule has 2 heterocycles. The van der Waals surface area contributed by atoms with Gasteiger partial charge in [-0.25, -0.2) is 4.98 Å². The van der Waals surface area contributed by atoms with Crippen molar-refractivity contribution in [1.29, 1.82) is 0 Å². The van der Waals surface area contributed by atoms with E-state index in [1.807, 2.05) is 30.3 Å². The van der Waals surface area contributed by atoms with Gasteiger partial charge in [-0.1, -0.05) is 0 Å². The fourth-order valence-corrected chi connectivity index (χ4v) is 2.08. The van der Waals surface area contributed by atoms with Crippen LogP contribution in [0.5, 0.6) is 0 Å². The van der Waals surface area contributed by atoms with Crippen molar-refractivity contribution in [3.05, 3.63) is 30.3 Å². The maximum absolute atomic E-state index is 5.73. The van der Waals surface area contributed by atoms with Crippen molar-refractivity contribution >= 4 is 22.4 Å². The predicted molar refractivity (Wildman–Crippen MR) is 69.0 cm³/mol. The van der Waals surface area contributed by atoms with Crippen molar-refractivity contribution in [1.82, 2.24) is 4.98 Å². The standard InChI is InChI=1S/C13H15N3O/c14-10-2-3-12-9(7-10)1-4-13(16-12)15-11-5-6-17-8-11/h1-4,7,11H,5-6,8,14H2,(H,15,16). The number of fused-ring (bicyclic) bond motifs is 1. The van der Waals surface area contributed by atoms with Crippen LogP contribution in [0.2, 0.25) is 0 Å². The number of nitrogens with two attached hydrogens (primary N) is 1. The molecule has 0 aliphatic carbocycles. The number of hydrogen-bond acceptors (Lipinski definition) is 4. The summed E-state index contributed by atoms with van der Waals surface area (Å²) in [5.74, 6) is 0.901. The van der Waals surface area contributed by atoms with E-state index < -0.39 is 0 Å². The topological polar surface area (TPSA) is 60.2 Å². The van der Waals surface area contributed by atoms with Gasteiger partial charge in [0.2, 0.25) is 0 Å². The lowest BCUT2D eigenvalue weighted by molar-refractivity contribution is 0.195. The van der Waals surface area contributed by atoms with Crippen LogP contribution in [0.1, 0.15) is 6.42 Å². The second kappa shape index (κ2) is 4.22. The van der Waals surface area contributed by atoms with E-state index in [4.69, 9.17) is 10.5 Å². The van der Waals surface area contributed by atoms with Crippen LogP contribution >= 0.6 is 0 Å². The summed E-state index contributed by atoms with van der Waals surface area (Å²) in [5, 5.41) is 4.45. The number of pyridine rings is 1. The number of rotatable bonds is 2. The summed E-state index contributed by atoms with van der Waals surface area (Å²) in [6, 6.07) is 10.2. The summed E-state index contributed by atoms with van der Waals surface area (Å²) in [6.45, 7) is 1.60. The molecule has 3 rings (SSSR count). The molecule has 1 aliphatic rings. The molecule has 0 saturated carbocycles. The number of anilines is 2. The summed E-state index contributed by atoms with van der Waals surface area (Å²) < 4.78 is 5.33. The van der Waals surface area contributed by atoms with Crippen molar-refractivity contribution in [3.8, 4) is 0 Å². The highest BCUT2D eigenvalue weighted by Gasteiger charge is 2.15. The molecule has 1 aromatic carbocycles. The van der Waals surface area contributed by atoms with Crippen LogP contribution in [0.4, 0.5) is 11.5 Å². The Hall–Kier alpha value is -1.81. The third-order valence-electron chi connectivity index (χ3n) is 2.99. The van der Waals surface area contributed by atoms with Crippen LogP contribution in [0.25, 0.3) is 10.9 Å². The minimum Gasteiger partial charge on any atom is -0.399 e. The normalized spacial score (nSPS) is 19.6. The first-order chi connectivity index (χ1) is 8.31. The average Bonchev–Trinajstić information content (AvgIpc) is 2.82. The number of nitrogens with zero attached hydrogens (tertiary/aromatic N) is 1. The van der Waals surface area contributed by atoms with Crippen LogP contribution in [0, 0.1) is 0 Å². The summed E-state index contributed by atoms with van der Waals surface area (Å²) in [7, 11) is 0. The molecular formula is C13H15N3O. The molecule has 1 aromatic heterocycles. The third kappa shape index (κ3) is 2.17. The van der Waals surface area contributed by atoms with E-state index in [1.54, 1.807) is 0 Å². The Morgan fingerprint density at radius 3 is 3.06 bits per heavy atom. The number of aromatic nitrogens is 1. The summed E-state index contributed by atoms with van der Waals surface area (Å²) in [4.78, 5) is 4.56. The molecular weight excluding hydrogens is 214 g/mol. The van der Waals surface area contributed by atoms with Crippen LogP contribution in [0.3, 0.4) is 0 Å². The fourth-order valence-electron chi connectivity index (χ4n) is 2.08. The molecule has 2 aromatic rings. The molecule has 0 bridgehead atoms. The second-order valence-corrected chi connectivity index (χ2v) is 4.35. The Morgan fingerprint density at radius 1 is 1.29 bits per heavy atom. The van der Waals surface area contributed by atoms with Gasteiger partial charge in [0.25, 0.3) is 0 Å². The Bertz CT molecular complexity index is 535. The van der Waals surface area contributed by atoms with E-state index in [1.165, 1.54) is 0 Å². The van der Waals surface area contributed by atoms with Gasteiger partial charge in [-0.05, 0) is 36.8 Å². The Morgan fingerprint density at radius 2 is 2.24 bits per heavy atom. The molecule has 1 aliphatic heterocycles. The molecule has 17 heavy (non-hydrogen) atoms. The number of benzene rings is 1. The number of ether oxygens (including phenoxy) is 1. The van der Waals surface area contributed by atoms with Gasteiger partial charge in [-0.2, -0.15) is 0 Å². The zero-order valence-electron chi connectivity index (χ0n) is 9.52. The van der Waals surface area contributed by atoms with Gasteiger partial charge in [-0.15, -0.1) is 0 Å². The lowest BCUT2D eigenvalue weighted by Gasteiger charge is -2.11. The summed E-state index contributed by atoms with van der Waals surface area (Å²) in [5.41, 5.74) is 7.46. The van der Waals surface area contributed by atoms with Gasteiger partial charge in [0.15, 0.2) is 0 Å². The highest BCUT2D eigenvalue weighted by atomic mass is 16.5. The van der Waals surface area contributed by atoms with Gasteiger partial charge < -0.3 is 15.8 Å².